The van der Waals surface area contributed by atoms with E-state index in [0.29, 0.717) is 19.5 Å². The van der Waals surface area contributed by atoms with Gasteiger partial charge in [0, 0.05) is 18.4 Å². The van der Waals surface area contributed by atoms with Gasteiger partial charge in [0.15, 0.2) is 0 Å². The first-order valence-corrected chi connectivity index (χ1v) is 7.91. The number of carbonyl (C=O) groups excluding carboxylic acids is 1. The molecule has 0 aliphatic heterocycles. The lowest BCUT2D eigenvalue weighted by Crippen LogP contribution is -2.39. The Balaban J connectivity index is 1.60. The molecule has 1 fully saturated rings. The molecule has 1 heterocycles. The number of rotatable bonds is 6. The zero-order valence-corrected chi connectivity index (χ0v) is 12.9. The van der Waals surface area contributed by atoms with Gasteiger partial charge in [-0.25, -0.2) is 9.07 Å². The summed E-state index contributed by atoms with van der Waals surface area (Å²) in [6.07, 6.45) is 5.98. The summed E-state index contributed by atoms with van der Waals surface area (Å²) in [7, 11) is 0. The highest BCUT2D eigenvalue weighted by molar-refractivity contribution is 5.75. The number of carbonyl (C=O) groups is 1. The van der Waals surface area contributed by atoms with Gasteiger partial charge in [0.05, 0.1) is 6.54 Å². The zero-order chi connectivity index (χ0) is 16.1. The highest BCUT2D eigenvalue weighted by atomic mass is 19.1. The van der Waals surface area contributed by atoms with E-state index in [4.69, 9.17) is 0 Å². The van der Waals surface area contributed by atoms with E-state index in [9.17, 15) is 9.18 Å². The smallest absolute Gasteiger partial charge is 0.221 e. The van der Waals surface area contributed by atoms with Gasteiger partial charge in [0.25, 0.3) is 0 Å². The van der Waals surface area contributed by atoms with Crippen molar-refractivity contribution in [2.75, 3.05) is 6.54 Å². The average Bonchev–Trinajstić information content (AvgIpc) is 3.23. The Hall–Kier alpha value is -2.31. The van der Waals surface area contributed by atoms with E-state index in [1.807, 2.05) is 6.07 Å². The van der Waals surface area contributed by atoms with Crippen molar-refractivity contribution >= 4 is 5.91 Å². The number of nitrogens with one attached hydrogen (secondary N) is 1. The molecule has 0 saturated heterocycles. The minimum Gasteiger partial charge on any atom is -0.355 e. The van der Waals surface area contributed by atoms with Crippen molar-refractivity contribution in [3.05, 3.63) is 42.0 Å². The number of tetrazole rings is 1. The van der Waals surface area contributed by atoms with Crippen LogP contribution in [-0.2, 0) is 16.8 Å². The Morgan fingerprint density at radius 3 is 2.87 bits per heavy atom. The molecule has 1 aliphatic rings. The molecule has 7 heteroatoms. The predicted molar refractivity (Wildman–Crippen MR) is 82.0 cm³/mol. The molecule has 1 aromatic carbocycles. The molecule has 1 aliphatic carbocycles. The van der Waals surface area contributed by atoms with Crippen molar-refractivity contribution in [3.8, 4) is 0 Å². The fraction of sp³-hybridized carbons (Fsp3) is 0.500. The van der Waals surface area contributed by atoms with Gasteiger partial charge in [-0.05, 0) is 41.0 Å². The first-order valence-electron chi connectivity index (χ1n) is 7.91. The van der Waals surface area contributed by atoms with Crippen LogP contribution < -0.4 is 5.32 Å². The molecule has 6 nitrogen and oxygen atoms in total. The van der Waals surface area contributed by atoms with Gasteiger partial charge in [-0.2, -0.15) is 0 Å². The van der Waals surface area contributed by atoms with Crippen molar-refractivity contribution < 1.29 is 9.18 Å². The van der Waals surface area contributed by atoms with E-state index in [1.165, 1.54) is 17.1 Å². The third kappa shape index (κ3) is 3.72. The summed E-state index contributed by atoms with van der Waals surface area (Å²) in [6, 6.07) is 6.75. The molecular weight excluding hydrogens is 297 g/mol. The Morgan fingerprint density at radius 2 is 2.17 bits per heavy atom. The van der Waals surface area contributed by atoms with Crippen LogP contribution in [0.5, 0.6) is 0 Å². The Bertz CT molecular complexity index is 652. The van der Waals surface area contributed by atoms with Crippen LogP contribution in [0.15, 0.2) is 30.6 Å². The van der Waals surface area contributed by atoms with Gasteiger partial charge in [0.1, 0.15) is 12.1 Å². The van der Waals surface area contributed by atoms with E-state index < -0.39 is 0 Å². The van der Waals surface area contributed by atoms with Crippen molar-refractivity contribution in [2.24, 2.45) is 0 Å². The normalized spacial score (nSPS) is 16.4. The van der Waals surface area contributed by atoms with Gasteiger partial charge < -0.3 is 5.32 Å². The van der Waals surface area contributed by atoms with E-state index in [0.717, 1.165) is 31.2 Å². The number of halogens is 1. The number of nitrogens with zero attached hydrogens (tertiary/aromatic N) is 4. The molecule has 2 aromatic rings. The summed E-state index contributed by atoms with van der Waals surface area (Å²) in [5.74, 6) is -0.262. The lowest BCUT2D eigenvalue weighted by atomic mass is 9.78. The third-order valence-corrected chi connectivity index (χ3v) is 4.58. The molecule has 0 bridgehead atoms. The minimum atomic E-state index is -0.223. The van der Waals surface area contributed by atoms with E-state index in [-0.39, 0.29) is 17.1 Å². The minimum absolute atomic E-state index is 0.0387. The highest BCUT2D eigenvalue weighted by Crippen LogP contribution is 2.40. The molecule has 23 heavy (non-hydrogen) atoms. The fourth-order valence-electron chi connectivity index (χ4n) is 3.29. The molecule has 1 aromatic heterocycles. The maximum absolute atomic E-state index is 13.6. The molecule has 0 radical (unpaired) electrons. The lowest BCUT2D eigenvalue weighted by molar-refractivity contribution is -0.121. The fourth-order valence-corrected chi connectivity index (χ4v) is 3.29. The number of amides is 1. The Labute approximate surface area is 134 Å². The molecule has 0 unspecified atom stereocenters. The van der Waals surface area contributed by atoms with Crippen LogP contribution in [0.1, 0.15) is 37.7 Å². The van der Waals surface area contributed by atoms with Crippen LogP contribution in [0, 0.1) is 5.82 Å². The van der Waals surface area contributed by atoms with Crippen molar-refractivity contribution in [3.63, 3.8) is 0 Å². The lowest BCUT2D eigenvalue weighted by Gasteiger charge is -2.30. The molecule has 122 valence electrons. The maximum atomic E-state index is 13.6. The van der Waals surface area contributed by atoms with Gasteiger partial charge in [0.2, 0.25) is 5.91 Å². The Morgan fingerprint density at radius 1 is 1.35 bits per heavy atom. The van der Waals surface area contributed by atoms with Gasteiger partial charge in [-0.1, -0.05) is 25.0 Å². The highest BCUT2D eigenvalue weighted by Gasteiger charge is 2.36. The second-order valence-corrected chi connectivity index (χ2v) is 6.10. The Kier molecular flexibility index (Phi) is 4.64. The summed E-state index contributed by atoms with van der Waals surface area (Å²) in [5.41, 5.74) is 0.836. The van der Waals surface area contributed by atoms with Crippen LogP contribution in [0.4, 0.5) is 4.39 Å². The quantitative estimate of drug-likeness (QED) is 0.882. The number of aromatic nitrogens is 4. The van der Waals surface area contributed by atoms with Crippen LogP contribution in [0.25, 0.3) is 0 Å². The van der Waals surface area contributed by atoms with Gasteiger partial charge in [-0.3, -0.25) is 4.79 Å². The van der Waals surface area contributed by atoms with E-state index in [1.54, 1.807) is 12.1 Å². The number of hydrogen-bond acceptors (Lipinski definition) is 4. The maximum Gasteiger partial charge on any atom is 0.221 e. The summed E-state index contributed by atoms with van der Waals surface area (Å²) in [4.78, 5) is 12.1. The number of benzene rings is 1. The number of aryl methyl sites for hydroxylation is 1. The number of hydrogen-bond donors (Lipinski definition) is 1. The van der Waals surface area contributed by atoms with Crippen molar-refractivity contribution in [2.45, 2.75) is 44.1 Å². The summed E-state index contributed by atoms with van der Waals surface area (Å²) < 4.78 is 15.1. The standard InChI is InChI=1S/C16H20FN5O/c17-14-5-3-4-13(10-14)16(7-1-2-8-16)11-18-15(23)6-9-22-12-19-20-21-22/h3-5,10,12H,1-2,6-9,11H2,(H,18,23). The largest absolute Gasteiger partial charge is 0.355 e. The van der Waals surface area contributed by atoms with Crippen LogP contribution in [0.3, 0.4) is 0 Å². The van der Waals surface area contributed by atoms with Crippen molar-refractivity contribution in [1.82, 2.24) is 25.5 Å². The SMILES string of the molecule is O=C(CCn1cnnn1)NCC1(c2cccc(F)c2)CCCC1. The molecule has 1 amide bonds. The van der Waals surface area contributed by atoms with E-state index >= 15 is 0 Å². The van der Waals surface area contributed by atoms with E-state index in [2.05, 4.69) is 20.8 Å². The monoisotopic (exact) mass is 317 g/mol. The van der Waals surface area contributed by atoms with Crippen LogP contribution in [0.2, 0.25) is 0 Å². The average molecular weight is 317 g/mol. The van der Waals surface area contributed by atoms with Crippen LogP contribution in [-0.4, -0.2) is 32.7 Å². The third-order valence-electron chi connectivity index (χ3n) is 4.58. The van der Waals surface area contributed by atoms with Crippen LogP contribution >= 0.6 is 0 Å². The second-order valence-electron chi connectivity index (χ2n) is 6.10. The van der Waals surface area contributed by atoms with Crippen molar-refractivity contribution in [1.29, 1.82) is 0 Å². The molecule has 1 N–H and O–H groups in total. The summed E-state index contributed by atoms with van der Waals surface area (Å²) >= 11 is 0. The first kappa shape index (κ1) is 15.6. The molecular formula is C16H20FN5O. The second kappa shape index (κ2) is 6.85. The topological polar surface area (TPSA) is 72.7 Å². The molecule has 1 saturated carbocycles. The first-order chi connectivity index (χ1) is 11.2. The molecule has 0 spiro atoms. The van der Waals surface area contributed by atoms with Gasteiger partial charge in [-0.15, -0.1) is 5.10 Å². The molecule has 3 rings (SSSR count). The zero-order valence-electron chi connectivity index (χ0n) is 12.9. The molecule has 0 atom stereocenters. The predicted octanol–water partition coefficient (Wildman–Crippen LogP) is 1.83. The summed E-state index contributed by atoms with van der Waals surface area (Å²) in [6.45, 7) is 0.997. The summed E-state index contributed by atoms with van der Waals surface area (Å²) in [5, 5.41) is 13.8. The van der Waals surface area contributed by atoms with Gasteiger partial charge >= 0.3 is 0 Å².